The van der Waals surface area contributed by atoms with E-state index < -0.39 is 5.82 Å². The molecule has 4 aromatic rings. The van der Waals surface area contributed by atoms with Crippen molar-refractivity contribution >= 4 is 21.9 Å². The lowest BCUT2D eigenvalue weighted by Crippen LogP contribution is -2.24. The second-order valence-electron chi connectivity index (χ2n) is 8.18. The third-order valence-corrected chi connectivity index (χ3v) is 5.75. The molecule has 3 aromatic heterocycles. The molecule has 8 nitrogen and oxygen atoms in total. The number of halogens is 1. The van der Waals surface area contributed by atoms with Gasteiger partial charge in [0.15, 0.2) is 0 Å². The van der Waals surface area contributed by atoms with Crippen LogP contribution in [0.5, 0.6) is 11.6 Å². The highest BCUT2D eigenvalue weighted by Crippen LogP contribution is 2.42. The number of aromatic nitrogens is 4. The minimum Gasteiger partial charge on any atom is -0.490 e. The molecular weight excluding hydrogens is 413 g/mol. The molecule has 0 saturated carbocycles. The Morgan fingerprint density at radius 2 is 2.09 bits per heavy atom. The van der Waals surface area contributed by atoms with E-state index in [2.05, 4.69) is 14.9 Å². The quantitative estimate of drug-likeness (QED) is 0.432. The molecule has 1 aromatic carbocycles. The highest BCUT2D eigenvalue weighted by atomic mass is 19.1. The molecule has 166 valence electrons. The molecule has 0 N–H and O–H groups in total. The van der Waals surface area contributed by atoms with Crippen LogP contribution in [0.25, 0.3) is 33.1 Å². The molecule has 0 fully saturated rings. The summed E-state index contributed by atoms with van der Waals surface area (Å²) in [5.74, 6) is 0.422. The smallest absolute Gasteiger partial charge is 0.329 e. The third-order valence-electron chi connectivity index (χ3n) is 5.75. The summed E-state index contributed by atoms with van der Waals surface area (Å²) in [4.78, 5) is 23.5. The van der Waals surface area contributed by atoms with Gasteiger partial charge in [-0.1, -0.05) is 0 Å². The van der Waals surface area contributed by atoms with Crippen molar-refractivity contribution in [3.8, 4) is 22.8 Å². The lowest BCUT2D eigenvalue weighted by Gasteiger charge is -2.14. The molecule has 4 heterocycles. The summed E-state index contributed by atoms with van der Waals surface area (Å²) in [6.07, 6.45) is 4.07. The molecular formula is C23H24FN5O3. The Kier molecular flexibility index (Phi) is 5.05. The van der Waals surface area contributed by atoms with Gasteiger partial charge in [-0.05, 0) is 26.6 Å². The number of rotatable bonds is 6. The van der Waals surface area contributed by atoms with Crippen LogP contribution >= 0.6 is 0 Å². The van der Waals surface area contributed by atoms with Crippen LogP contribution in [0, 0.1) is 5.82 Å². The fourth-order valence-electron chi connectivity index (χ4n) is 4.19. The van der Waals surface area contributed by atoms with Crippen LogP contribution in [0.2, 0.25) is 0 Å². The first-order valence-corrected chi connectivity index (χ1v) is 10.5. The van der Waals surface area contributed by atoms with Gasteiger partial charge in [-0.15, -0.1) is 0 Å². The van der Waals surface area contributed by atoms with E-state index in [1.54, 1.807) is 40.7 Å². The molecule has 0 unspecified atom stereocenters. The van der Waals surface area contributed by atoms with Crippen molar-refractivity contribution in [1.82, 2.24) is 24.0 Å². The number of hydrogen-bond donors (Lipinski definition) is 0. The summed E-state index contributed by atoms with van der Waals surface area (Å²) in [5.41, 5.74) is 2.58. The van der Waals surface area contributed by atoms with E-state index in [0.29, 0.717) is 57.8 Å². The van der Waals surface area contributed by atoms with Crippen molar-refractivity contribution in [2.24, 2.45) is 7.05 Å². The topological polar surface area (TPSA) is 74.4 Å². The predicted molar refractivity (Wildman–Crippen MR) is 120 cm³/mol. The molecule has 9 heteroatoms. The Balaban J connectivity index is 1.59. The van der Waals surface area contributed by atoms with Gasteiger partial charge in [0.25, 0.3) is 0 Å². The SMILES string of the molecule is CN(C)CCCOc1ccc(-c2c(F)cc3ncc4c5c3c2OCCn5c(=O)n4C)cn1. The maximum absolute atomic E-state index is 15.3. The van der Waals surface area contributed by atoms with Crippen molar-refractivity contribution in [3.63, 3.8) is 0 Å². The summed E-state index contributed by atoms with van der Waals surface area (Å²) >= 11 is 0. The number of imidazole rings is 1. The van der Waals surface area contributed by atoms with E-state index in [9.17, 15) is 4.79 Å². The van der Waals surface area contributed by atoms with Gasteiger partial charge in [0.05, 0.1) is 46.8 Å². The highest BCUT2D eigenvalue weighted by Gasteiger charge is 2.25. The molecule has 0 amide bonds. The fourth-order valence-corrected chi connectivity index (χ4v) is 4.19. The van der Waals surface area contributed by atoms with E-state index >= 15 is 4.39 Å². The molecule has 0 saturated heterocycles. The molecule has 0 atom stereocenters. The maximum Gasteiger partial charge on any atom is 0.329 e. The van der Waals surface area contributed by atoms with E-state index in [1.807, 2.05) is 14.1 Å². The number of aryl methyl sites for hydroxylation is 1. The Hall–Kier alpha value is -3.46. The van der Waals surface area contributed by atoms with Crippen molar-refractivity contribution in [2.45, 2.75) is 13.0 Å². The van der Waals surface area contributed by atoms with Gasteiger partial charge >= 0.3 is 5.69 Å². The summed E-state index contributed by atoms with van der Waals surface area (Å²) in [6, 6.07) is 4.89. The summed E-state index contributed by atoms with van der Waals surface area (Å²) in [7, 11) is 5.74. The summed E-state index contributed by atoms with van der Waals surface area (Å²) in [6.45, 7) is 2.11. The second-order valence-corrected chi connectivity index (χ2v) is 8.18. The molecule has 0 aliphatic carbocycles. The Morgan fingerprint density at radius 1 is 1.25 bits per heavy atom. The van der Waals surface area contributed by atoms with E-state index in [1.165, 1.54) is 6.07 Å². The summed E-state index contributed by atoms with van der Waals surface area (Å²) in [5, 5.41) is 0.637. The van der Waals surface area contributed by atoms with Gasteiger partial charge in [0.1, 0.15) is 18.2 Å². The van der Waals surface area contributed by atoms with Crippen LogP contribution in [0.3, 0.4) is 0 Å². The second kappa shape index (κ2) is 7.90. The van der Waals surface area contributed by atoms with Crippen LogP contribution in [-0.4, -0.2) is 57.9 Å². The van der Waals surface area contributed by atoms with Crippen LogP contribution < -0.4 is 15.2 Å². The molecule has 32 heavy (non-hydrogen) atoms. The van der Waals surface area contributed by atoms with E-state index in [-0.39, 0.29) is 12.3 Å². The zero-order chi connectivity index (χ0) is 22.4. The molecule has 1 aliphatic rings. The van der Waals surface area contributed by atoms with Crippen LogP contribution in [-0.2, 0) is 13.6 Å². The van der Waals surface area contributed by atoms with Gasteiger partial charge < -0.3 is 14.4 Å². The van der Waals surface area contributed by atoms with Crippen LogP contribution in [0.4, 0.5) is 4.39 Å². The minimum atomic E-state index is -0.451. The average Bonchev–Trinajstić information content (AvgIpc) is 2.91. The monoisotopic (exact) mass is 437 g/mol. The summed E-state index contributed by atoms with van der Waals surface area (Å²) < 4.78 is 30.2. The lowest BCUT2D eigenvalue weighted by atomic mass is 10.0. The zero-order valence-corrected chi connectivity index (χ0v) is 18.3. The van der Waals surface area contributed by atoms with E-state index in [0.717, 1.165) is 13.0 Å². The molecule has 0 spiro atoms. The fraction of sp³-hybridized carbons (Fsp3) is 0.348. The first kappa shape index (κ1) is 20.4. The average molecular weight is 437 g/mol. The first-order valence-electron chi connectivity index (χ1n) is 10.5. The van der Waals surface area contributed by atoms with Gasteiger partial charge in [-0.25, -0.2) is 14.2 Å². The zero-order valence-electron chi connectivity index (χ0n) is 18.3. The van der Waals surface area contributed by atoms with Gasteiger partial charge in [0, 0.05) is 37.5 Å². The van der Waals surface area contributed by atoms with Crippen molar-refractivity contribution < 1.29 is 13.9 Å². The van der Waals surface area contributed by atoms with Gasteiger partial charge in [0.2, 0.25) is 5.88 Å². The van der Waals surface area contributed by atoms with Crippen LogP contribution in [0.15, 0.2) is 35.4 Å². The number of benzene rings is 1. The number of pyridine rings is 2. The van der Waals surface area contributed by atoms with Crippen LogP contribution in [0.1, 0.15) is 6.42 Å². The van der Waals surface area contributed by atoms with Crippen molar-refractivity contribution in [1.29, 1.82) is 0 Å². The minimum absolute atomic E-state index is 0.144. The van der Waals surface area contributed by atoms with E-state index in [4.69, 9.17) is 9.47 Å². The number of hydrogen-bond acceptors (Lipinski definition) is 6. The number of nitrogens with zero attached hydrogens (tertiary/aromatic N) is 5. The molecule has 0 bridgehead atoms. The Morgan fingerprint density at radius 3 is 2.84 bits per heavy atom. The highest BCUT2D eigenvalue weighted by molar-refractivity contribution is 6.09. The molecule has 5 rings (SSSR count). The van der Waals surface area contributed by atoms with Crippen molar-refractivity contribution in [2.75, 3.05) is 33.9 Å². The lowest BCUT2D eigenvalue weighted by molar-refractivity contribution is 0.273. The Labute approximate surface area is 183 Å². The number of ether oxygens (including phenoxy) is 2. The largest absolute Gasteiger partial charge is 0.490 e. The first-order chi connectivity index (χ1) is 15.5. The molecule has 1 aliphatic heterocycles. The van der Waals surface area contributed by atoms with Gasteiger partial charge in [-0.3, -0.25) is 14.1 Å². The Bertz CT molecular complexity index is 1380. The van der Waals surface area contributed by atoms with Crippen molar-refractivity contribution in [3.05, 3.63) is 46.9 Å². The van der Waals surface area contributed by atoms with Gasteiger partial charge in [-0.2, -0.15) is 0 Å². The standard InChI is InChI=1S/C23H24FN5O3/c1-27(2)7-4-9-31-18-6-5-14(12-26-18)19-15(24)11-16-20-21-17(13-25-16)28(3)23(30)29(21)8-10-32-22(19)20/h5-6,11-13H,4,7-10H2,1-3H3. The molecule has 0 radical (unpaired) electrons. The third kappa shape index (κ3) is 3.29. The maximum atomic E-state index is 15.3. The normalized spacial score (nSPS) is 13.2. The predicted octanol–water partition coefficient (Wildman–Crippen LogP) is 2.81.